The minimum Gasteiger partial charge on any atom is -0.469 e. The van der Waals surface area contributed by atoms with Gasteiger partial charge in [0, 0.05) is 12.3 Å². The van der Waals surface area contributed by atoms with Crippen LogP contribution in [0.25, 0.3) is 0 Å². The molecule has 1 atom stereocenters. The van der Waals surface area contributed by atoms with E-state index in [4.69, 9.17) is 9.68 Å². The van der Waals surface area contributed by atoms with Crippen LogP contribution >= 0.6 is 0 Å². The number of rotatable bonds is 4. The fraction of sp³-hybridized carbons (Fsp3) is 0.214. The van der Waals surface area contributed by atoms with Gasteiger partial charge in [-0.2, -0.15) is 5.26 Å². The van der Waals surface area contributed by atoms with E-state index < -0.39 is 0 Å². The highest BCUT2D eigenvalue weighted by atomic mass is 16.3. The van der Waals surface area contributed by atoms with Crippen LogP contribution in [0.5, 0.6) is 0 Å². The first-order valence-electron chi connectivity index (χ1n) is 5.34. The average molecular weight is 211 g/mol. The van der Waals surface area contributed by atoms with Gasteiger partial charge in [-0.25, -0.2) is 0 Å². The first-order chi connectivity index (χ1) is 7.90. The van der Waals surface area contributed by atoms with Gasteiger partial charge in [-0.15, -0.1) is 0 Å². The monoisotopic (exact) mass is 211 g/mol. The van der Waals surface area contributed by atoms with E-state index in [9.17, 15) is 0 Å². The van der Waals surface area contributed by atoms with Crippen molar-refractivity contribution >= 4 is 0 Å². The number of benzene rings is 1. The zero-order chi connectivity index (χ0) is 11.2. The molecule has 2 aromatic rings. The number of hydrogen-bond donors (Lipinski definition) is 0. The quantitative estimate of drug-likeness (QED) is 0.775. The Labute approximate surface area is 95.1 Å². The fourth-order valence-corrected chi connectivity index (χ4v) is 1.81. The van der Waals surface area contributed by atoms with Crippen molar-refractivity contribution in [3.8, 4) is 6.07 Å². The van der Waals surface area contributed by atoms with E-state index in [-0.39, 0.29) is 5.92 Å². The normalized spacial score (nSPS) is 11.9. The van der Waals surface area contributed by atoms with E-state index in [2.05, 4.69) is 18.2 Å². The molecule has 0 N–H and O–H groups in total. The Balaban J connectivity index is 2.13. The first kappa shape index (κ1) is 10.5. The van der Waals surface area contributed by atoms with Gasteiger partial charge >= 0.3 is 0 Å². The van der Waals surface area contributed by atoms with Crippen LogP contribution < -0.4 is 0 Å². The lowest BCUT2D eigenvalue weighted by molar-refractivity contribution is 0.461. The molecule has 0 aliphatic carbocycles. The third kappa shape index (κ3) is 2.52. The fourth-order valence-electron chi connectivity index (χ4n) is 1.81. The average Bonchev–Trinajstić information content (AvgIpc) is 2.83. The molecule has 2 rings (SSSR count). The molecule has 0 radical (unpaired) electrons. The zero-order valence-electron chi connectivity index (χ0n) is 8.97. The second-order valence-electron chi connectivity index (χ2n) is 3.76. The van der Waals surface area contributed by atoms with Crippen molar-refractivity contribution in [2.75, 3.05) is 0 Å². The van der Waals surface area contributed by atoms with Gasteiger partial charge in [-0.1, -0.05) is 30.3 Å². The maximum atomic E-state index is 8.82. The molecule has 16 heavy (non-hydrogen) atoms. The van der Waals surface area contributed by atoms with Crippen molar-refractivity contribution in [1.82, 2.24) is 0 Å². The van der Waals surface area contributed by atoms with Crippen molar-refractivity contribution in [2.45, 2.75) is 18.8 Å². The molecule has 0 spiro atoms. The highest BCUT2D eigenvalue weighted by Crippen LogP contribution is 2.24. The predicted molar refractivity (Wildman–Crippen MR) is 61.8 cm³/mol. The van der Waals surface area contributed by atoms with Crippen LogP contribution in [0.1, 0.15) is 23.7 Å². The van der Waals surface area contributed by atoms with Crippen LogP contribution in [0.4, 0.5) is 0 Å². The van der Waals surface area contributed by atoms with E-state index in [1.807, 2.05) is 30.3 Å². The third-order valence-electron chi connectivity index (χ3n) is 2.61. The summed E-state index contributed by atoms with van der Waals surface area (Å²) in [6, 6.07) is 16.2. The highest BCUT2D eigenvalue weighted by Gasteiger charge is 2.14. The summed E-state index contributed by atoms with van der Waals surface area (Å²) in [4.78, 5) is 0. The van der Waals surface area contributed by atoms with Gasteiger partial charge < -0.3 is 4.42 Å². The Hall–Kier alpha value is -2.01. The lowest BCUT2D eigenvalue weighted by Gasteiger charge is -2.10. The SMILES string of the molecule is N#CC[C@@H](Cc1ccccc1)c1ccco1. The minimum absolute atomic E-state index is 0.155. The van der Waals surface area contributed by atoms with Gasteiger partial charge in [0.2, 0.25) is 0 Å². The van der Waals surface area contributed by atoms with Crippen LogP contribution in [0.15, 0.2) is 53.1 Å². The van der Waals surface area contributed by atoms with E-state index in [1.54, 1.807) is 6.26 Å². The van der Waals surface area contributed by atoms with Crippen LogP contribution in [-0.2, 0) is 6.42 Å². The minimum atomic E-state index is 0.155. The molecule has 1 aromatic carbocycles. The van der Waals surface area contributed by atoms with Gasteiger partial charge in [0.25, 0.3) is 0 Å². The molecule has 0 bridgehead atoms. The molecule has 80 valence electrons. The molecule has 0 amide bonds. The van der Waals surface area contributed by atoms with E-state index in [0.717, 1.165) is 12.2 Å². The van der Waals surface area contributed by atoms with Crippen molar-refractivity contribution < 1.29 is 4.42 Å². The Bertz CT molecular complexity index is 453. The maximum Gasteiger partial charge on any atom is 0.108 e. The predicted octanol–water partition coefficient (Wildman–Crippen LogP) is 3.52. The Kier molecular flexibility index (Phi) is 3.40. The lowest BCUT2D eigenvalue weighted by Crippen LogP contribution is -2.00. The summed E-state index contributed by atoms with van der Waals surface area (Å²) in [5, 5.41) is 8.82. The van der Waals surface area contributed by atoms with Crippen molar-refractivity contribution in [2.24, 2.45) is 0 Å². The maximum absolute atomic E-state index is 8.82. The molecule has 0 saturated carbocycles. The third-order valence-corrected chi connectivity index (χ3v) is 2.61. The van der Waals surface area contributed by atoms with E-state index >= 15 is 0 Å². The molecular weight excluding hydrogens is 198 g/mol. The van der Waals surface area contributed by atoms with Gasteiger partial charge in [0.1, 0.15) is 5.76 Å². The Morgan fingerprint density at radius 1 is 1.12 bits per heavy atom. The molecule has 2 nitrogen and oxygen atoms in total. The molecule has 0 aliphatic heterocycles. The molecule has 2 heteroatoms. The number of furan rings is 1. The molecule has 0 saturated heterocycles. The zero-order valence-corrected chi connectivity index (χ0v) is 8.97. The van der Waals surface area contributed by atoms with E-state index in [1.165, 1.54) is 5.56 Å². The summed E-state index contributed by atoms with van der Waals surface area (Å²) in [6.45, 7) is 0. The summed E-state index contributed by atoms with van der Waals surface area (Å²) in [5.74, 6) is 1.05. The first-order valence-corrected chi connectivity index (χ1v) is 5.34. The Morgan fingerprint density at radius 3 is 2.56 bits per heavy atom. The standard InChI is InChI=1S/C14H13NO/c15-9-8-13(14-7-4-10-16-14)11-12-5-2-1-3-6-12/h1-7,10,13H,8,11H2/t13-/m0/s1. The van der Waals surface area contributed by atoms with Crippen molar-refractivity contribution in [1.29, 1.82) is 5.26 Å². The number of hydrogen-bond acceptors (Lipinski definition) is 2. The molecule has 1 aromatic heterocycles. The van der Waals surface area contributed by atoms with Crippen molar-refractivity contribution in [3.05, 3.63) is 60.1 Å². The Morgan fingerprint density at radius 2 is 1.94 bits per heavy atom. The van der Waals surface area contributed by atoms with Crippen molar-refractivity contribution in [3.63, 3.8) is 0 Å². The smallest absolute Gasteiger partial charge is 0.108 e. The van der Waals surface area contributed by atoms with Crippen LogP contribution in [0, 0.1) is 11.3 Å². The van der Waals surface area contributed by atoms with Crippen LogP contribution in [0.2, 0.25) is 0 Å². The summed E-state index contributed by atoms with van der Waals surface area (Å²) >= 11 is 0. The molecule has 1 heterocycles. The molecule has 0 fully saturated rings. The second-order valence-corrected chi connectivity index (χ2v) is 3.76. The summed E-state index contributed by atoms with van der Waals surface area (Å²) in [5.41, 5.74) is 1.24. The molecular formula is C14H13NO. The van der Waals surface area contributed by atoms with Gasteiger partial charge in [-0.3, -0.25) is 0 Å². The largest absolute Gasteiger partial charge is 0.469 e. The van der Waals surface area contributed by atoms with Crippen LogP contribution in [0.3, 0.4) is 0 Å². The number of nitrogens with zero attached hydrogens (tertiary/aromatic N) is 1. The van der Waals surface area contributed by atoms with Gasteiger partial charge in [0.15, 0.2) is 0 Å². The summed E-state index contributed by atoms with van der Waals surface area (Å²) < 4.78 is 5.37. The summed E-state index contributed by atoms with van der Waals surface area (Å²) in [7, 11) is 0. The molecule has 0 aliphatic rings. The van der Waals surface area contributed by atoms with Crippen LogP contribution in [-0.4, -0.2) is 0 Å². The molecule has 0 unspecified atom stereocenters. The number of nitriles is 1. The van der Waals surface area contributed by atoms with Gasteiger partial charge in [0.05, 0.1) is 12.3 Å². The topological polar surface area (TPSA) is 36.9 Å². The van der Waals surface area contributed by atoms with Gasteiger partial charge in [-0.05, 0) is 24.1 Å². The second kappa shape index (κ2) is 5.18. The van der Waals surface area contributed by atoms with E-state index in [0.29, 0.717) is 6.42 Å². The highest BCUT2D eigenvalue weighted by molar-refractivity contribution is 5.19. The lowest BCUT2D eigenvalue weighted by atomic mass is 9.94. The summed E-state index contributed by atoms with van der Waals surface area (Å²) in [6.07, 6.45) is 3.00.